The number of aryl methyl sites for hydroxylation is 1. The van der Waals surface area contributed by atoms with Gasteiger partial charge in [0.25, 0.3) is 0 Å². The summed E-state index contributed by atoms with van der Waals surface area (Å²) in [5.74, 6) is -0.192. The van der Waals surface area contributed by atoms with E-state index in [-0.39, 0.29) is 18.2 Å². The van der Waals surface area contributed by atoms with Crippen molar-refractivity contribution in [3.8, 4) is 0 Å². The highest BCUT2D eigenvalue weighted by molar-refractivity contribution is 7.46. The smallest absolute Gasteiger partial charge is 0.358 e. The quantitative estimate of drug-likeness (QED) is 0.344. The van der Waals surface area contributed by atoms with E-state index < -0.39 is 18.8 Å². The second-order valence-corrected chi connectivity index (χ2v) is 4.90. The molecule has 0 bridgehead atoms. The van der Waals surface area contributed by atoms with Gasteiger partial charge in [0.15, 0.2) is 5.82 Å². The van der Waals surface area contributed by atoms with Gasteiger partial charge in [-0.3, -0.25) is 4.52 Å². The van der Waals surface area contributed by atoms with E-state index in [9.17, 15) is 14.7 Å². The Morgan fingerprint density at radius 1 is 1.72 bits per heavy atom. The Morgan fingerprint density at radius 2 is 2.33 bits per heavy atom. The zero-order valence-electron chi connectivity index (χ0n) is 9.26. The van der Waals surface area contributed by atoms with Gasteiger partial charge >= 0.3 is 13.6 Å². The molecule has 0 unspecified atom stereocenters. The molecule has 0 spiro atoms. The summed E-state index contributed by atoms with van der Waals surface area (Å²) in [6.45, 7) is 1.35. The summed E-state index contributed by atoms with van der Waals surface area (Å²) in [5.41, 5.74) is 0. The first-order chi connectivity index (χ1) is 8.24. The third-order valence-electron chi connectivity index (χ3n) is 2.07. The molecule has 1 aromatic heterocycles. The van der Waals surface area contributed by atoms with E-state index >= 15 is 0 Å². The topological polar surface area (TPSA) is 128 Å². The average Bonchev–Trinajstić information content (AvgIpc) is 2.57. The summed E-state index contributed by atoms with van der Waals surface area (Å²) in [6, 6.07) is 0. The predicted octanol–water partition coefficient (Wildman–Crippen LogP) is 0.816. The average molecular weight is 300 g/mol. The van der Waals surface area contributed by atoms with Crippen LogP contribution in [0.4, 0.5) is 5.82 Å². The number of alkyl halides is 1. The zero-order valence-corrected chi connectivity index (χ0v) is 10.9. The highest BCUT2D eigenvalue weighted by Crippen LogP contribution is 2.38. The summed E-state index contributed by atoms with van der Waals surface area (Å²) in [7, 11) is -4.70. The van der Waals surface area contributed by atoms with Crippen molar-refractivity contribution >= 4 is 25.2 Å². The van der Waals surface area contributed by atoms with E-state index in [1.807, 2.05) is 0 Å². The SMILES string of the molecule is Cc1ncc([N+](=O)[O-])n1C[C@@H](CCl)OP(=O)(O)O. The molecule has 1 atom stereocenters. The Hall–Kier alpha value is -0.990. The Bertz CT molecular complexity index is 486. The summed E-state index contributed by atoms with van der Waals surface area (Å²) in [6.07, 6.45) is -0.00271. The van der Waals surface area contributed by atoms with Gasteiger partial charge in [0.2, 0.25) is 0 Å². The molecule has 0 saturated heterocycles. The fraction of sp³-hybridized carbons (Fsp3) is 0.571. The van der Waals surface area contributed by atoms with E-state index in [2.05, 4.69) is 9.51 Å². The number of hydrogen-bond donors (Lipinski definition) is 2. The Labute approximate surface area is 107 Å². The molecule has 11 heteroatoms. The fourth-order valence-corrected chi connectivity index (χ4v) is 2.11. The minimum atomic E-state index is -4.70. The first-order valence-corrected chi connectivity index (χ1v) is 6.77. The van der Waals surface area contributed by atoms with Gasteiger partial charge in [0.05, 0.1) is 5.88 Å². The van der Waals surface area contributed by atoms with Gasteiger partial charge in [-0.2, -0.15) is 0 Å². The van der Waals surface area contributed by atoms with Crippen molar-refractivity contribution in [3.05, 3.63) is 22.1 Å². The highest BCUT2D eigenvalue weighted by Gasteiger charge is 2.27. The monoisotopic (exact) mass is 299 g/mol. The van der Waals surface area contributed by atoms with Crippen LogP contribution in [0.2, 0.25) is 0 Å². The summed E-state index contributed by atoms with van der Waals surface area (Å²) < 4.78 is 16.3. The van der Waals surface area contributed by atoms with E-state index in [0.717, 1.165) is 6.20 Å². The molecule has 0 aromatic carbocycles. The van der Waals surface area contributed by atoms with Crippen LogP contribution in [0, 0.1) is 17.0 Å². The van der Waals surface area contributed by atoms with Crippen LogP contribution in [0.5, 0.6) is 0 Å². The number of imidazole rings is 1. The van der Waals surface area contributed by atoms with Crippen molar-refractivity contribution in [1.29, 1.82) is 0 Å². The van der Waals surface area contributed by atoms with Crippen LogP contribution < -0.4 is 0 Å². The van der Waals surface area contributed by atoms with Crippen LogP contribution in [0.25, 0.3) is 0 Å². The Kier molecular flexibility index (Phi) is 4.83. The van der Waals surface area contributed by atoms with Crippen LogP contribution in [0.15, 0.2) is 6.20 Å². The molecule has 9 nitrogen and oxygen atoms in total. The van der Waals surface area contributed by atoms with Gasteiger partial charge in [-0.1, -0.05) is 0 Å². The summed E-state index contributed by atoms with van der Waals surface area (Å²) in [4.78, 5) is 31.1. The standard InChI is InChI=1S/C7H11ClN3O6P/c1-5-9-3-7(11(12)13)10(5)4-6(2-8)17-18(14,15)16/h3,6H,2,4H2,1H3,(H2,14,15,16)/t6-/m1/s1. The molecule has 0 aliphatic heterocycles. The van der Waals surface area contributed by atoms with E-state index in [4.69, 9.17) is 21.4 Å². The molecule has 102 valence electrons. The van der Waals surface area contributed by atoms with E-state index in [1.54, 1.807) is 0 Å². The summed E-state index contributed by atoms with van der Waals surface area (Å²) >= 11 is 5.50. The van der Waals surface area contributed by atoms with Crippen LogP contribution in [-0.4, -0.2) is 36.2 Å². The van der Waals surface area contributed by atoms with Crippen LogP contribution >= 0.6 is 19.4 Å². The van der Waals surface area contributed by atoms with Crippen molar-refractivity contribution < 1.29 is 23.8 Å². The lowest BCUT2D eigenvalue weighted by molar-refractivity contribution is -0.392. The van der Waals surface area contributed by atoms with Crippen molar-refractivity contribution in [2.24, 2.45) is 0 Å². The molecule has 1 heterocycles. The van der Waals surface area contributed by atoms with Gasteiger partial charge < -0.3 is 19.9 Å². The maximum absolute atomic E-state index is 10.7. The molecule has 0 fully saturated rings. The van der Waals surface area contributed by atoms with Crippen LogP contribution in [0.1, 0.15) is 5.82 Å². The number of phosphoric ester groups is 1. The molecular weight excluding hydrogens is 289 g/mol. The molecule has 0 aliphatic rings. The second-order valence-electron chi connectivity index (χ2n) is 3.40. The van der Waals surface area contributed by atoms with Gasteiger partial charge in [0, 0.05) is 6.92 Å². The largest absolute Gasteiger partial charge is 0.470 e. The number of hydrogen-bond acceptors (Lipinski definition) is 5. The van der Waals surface area contributed by atoms with Crippen molar-refractivity contribution in [2.75, 3.05) is 5.88 Å². The first kappa shape index (κ1) is 15.1. The number of nitrogens with zero attached hydrogens (tertiary/aromatic N) is 3. The molecule has 18 heavy (non-hydrogen) atoms. The highest BCUT2D eigenvalue weighted by atomic mass is 35.5. The normalized spacial score (nSPS) is 13.6. The van der Waals surface area contributed by atoms with E-state index in [1.165, 1.54) is 11.5 Å². The lowest BCUT2D eigenvalue weighted by atomic mass is 10.4. The fourth-order valence-electron chi connectivity index (χ4n) is 1.34. The van der Waals surface area contributed by atoms with Crippen molar-refractivity contribution in [2.45, 2.75) is 19.6 Å². The molecule has 0 radical (unpaired) electrons. The van der Waals surface area contributed by atoms with Crippen molar-refractivity contribution in [3.63, 3.8) is 0 Å². The predicted molar refractivity (Wildman–Crippen MR) is 61.3 cm³/mol. The Balaban J connectivity index is 2.91. The molecule has 2 N–H and O–H groups in total. The number of rotatable bonds is 6. The Morgan fingerprint density at radius 3 is 2.78 bits per heavy atom. The van der Waals surface area contributed by atoms with Crippen molar-refractivity contribution in [1.82, 2.24) is 9.55 Å². The molecule has 0 saturated carbocycles. The zero-order chi connectivity index (χ0) is 13.9. The van der Waals surface area contributed by atoms with Gasteiger partial charge in [-0.25, -0.2) is 14.1 Å². The summed E-state index contributed by atoms with van der Waals surface area (Å²) in [5, 5.41) is 10.7. The first-order valence-electron chi connectivity index (χ1n) is 4.71. The number of aromatic nitrogens is 2. The third-order valence-corrected chi connectivity index (χ3v) is 2.98. The van der Waals surface area contributed by atoms with Crippen LogP contribution in [-0.2, 0) is 15.6 Å². The molecule has 1 rings (SSSR count). The molecular formula is C7H11ClN3O6P. The molecule has 0 aliphatic carbocycles. The van der Waals surface area contributed by atoms with Crippen LogP contribution in [0.3, 0.4) is 0 Å². The maximum atomic E-state index is 10.7. The lowest BCUT2D eigenvalue weighted by Crippen LogP contribution is -2.22. The maximum Gasteiger partial charge on any atom is 0.470 e. The van der Waals surface area contributed by atoms with Gasteiger partial charge in [-0.15, -0.1) is 11.6 Å². The lowest BCUT2D eigenvalue weighted by Gasteiger charge is -2.14. The molecule has 1 aromatic rings. The minimum absolute atomic E-state index is 0.170. The third kappa shape index (κ3) is 4.04. The van der Waals surface area contributed by atoms with Gasteiger partial charge in [0.1, 0.15) is 18.8 Å². The second kappa shape index (κ2) is 5.77. The number of nitro groups is 1. The number of halogens is 1. The molecule has 0 amide bonds. The number of phosphoric acid groups is 1. The van der Waals surface area contributed by atoms with Gasteiger partial charge in [-0.05, 0) is 4.92 Å². The minimum Gasteiger partial charge on any atom is -0.358 e. The van der Waals surface area contributed by atoms with E-state index in [0.29, 0.717) is 5.82 Å².